The van der Waals surface area contributed by atoms with Gasteiger partial charge in [0.1, 0.15) is 15.5 Å². The quantitative estimate of drug-likeness (QED) is 0.675. The summed E-state index contributed by atoms with van der Waals surface area (Å²) in [7, 11) is -7.06. The highest BCUT2D eigenvalue weighted by Gasteiger charge is 2.14. The highest BCUT2D eigenvalue weighted by atomic mass is 32.2. The highest BCUT2D eigenvalue weighted by molar-refractivity contribution is 7.93. The smallest absolute Gasteiger partial charge is 0.354 e. The summed E-state index contributed by atoms with van der Waals surface area (Å²) in [5, 5.41) is 8.65. The van der Waals surface area contributed by atoms with Gasteiger partial charge >= 0.3 is 5.97 Å². The third-order valence-electron chi connectivity index (χ3n) is 2.26. The largest absolute Gasteiger partial charge is 0.477 e. The number of carbonyl (C=O) groups is 1. The summed E-state index contributed by atoms with van der Waals surface area (Å²) >= 11 is 0. The average molecular weight is 322 g/mol. The summed E-state index contributed by atoms with van der Waals surface area (Å²) in [6.45, 7) is -0.0843. The fourth-order valence-electron chi connectivity index (χ4n) is 1.18. The number of carboxylic acid groups (broad SMARTS) is 1. The number of hydrogen-bond donors (Lipinski definition) is 2. The maximum absolute atomic E-state index is 11.5. The molecule has 0 fully saturated rings. The third-order valence-corrected chi connectivity index (χ3v) is 4.79. The van der Waals surface area contributed by atoms with Gasteiger partial charge in [-0.15, -0.1) is 0 Å². The molecule has 0 radical (unpaired) electrons. The number of aromatic carboxylic acids is 1. The van der Waals surface area contributed by atoms with E-state index in [0.29, 0.717) is 5.56 Å². The van der Waals surface area contributed by atoms with E-state index in [1.54, 1.807) is 0 Å². The van der Waals surface area contributed by atoms with E-state index in [9.17, 15) is 21.6 Å². The summed E-state index contributed by atoms with van der Waals surface area (Å²) in [6.07, 6.45) is 2.19. The van der Waals surface area contributed by atoms with Crippen molar-refractivity contribution in [2.24, 2.45) is 0 Å². The predicted molar refractivity (Wildman–Crippen MR) is 71.5 cm³/mol. The Kier molecular flexibility index (Phi) is 5.20. The first-order chi connectivity index (χ1) is 9.09. The Labute approximate surface area is 116 Å². The zero-order valence-electron chi connectivity index (χ0n) is 10.6. The van der Waals surface area contributed by atoms with Crippen LogP contribution in [0.3, 0.4) is 0 Å². The van der Waals surface area contributed by atoms with Crippen molar-refractivity contribution in [2.45, 2.75) is 6.54 Å². The Morgan fingerprint density at radius 1 is 1.25 bits per heavy atom. The molecule has 20 heavy (non-hydrogen) atoms. The molecule has 10 heteroatoms. The van der Waals surface area contributed by atoms with Gasteiger partial charge in [-0.05, 0) is 11.6 Å². The van der Waals surface area contributed by atoms with E-state index in [2.05, 4.69) is 9.71 Å². The van der Waals surface area contributed by atoms with Crippen molar-refractivity contribution in [3.05, 3.63) is 29.6 Å². The SMILES string of the molecule is CS(=O)(=O)CCS(=O)(=O)NCc1ccc(C(=O)O)nc1. The molecule has 0 saturated heterocycles. The Hall–Kier alpha value is -1.52. The molecule has 0 bridgehead atoms. The van der Waals surface area contributed by atoms with E-state index >= 15 is 0 Å². The van der Waals surface area contributed by atoms with Crippen LogP contribution in [0.2, 0.25) is 0 Å². The lowest BCUT2D eigenvalue weighted by molar-refractivity contribution is 0.0690. The van der Waals surface area contributed by atoms with Gasteiger partial charge < -0.3 is 5.11 Å². The number of sulfonamides is 1. The molecule has 1 heterocycles. The second-order valence-corrected chi connectivity index (χ2v) is 8.31. The lowest BCUT2D eigenvalue weighted by atomic mass is 10.2. The van der Waals surface area contributed by atoms with Crippen LogP contribution >= 0.6 is 0 Å². The van der Waals surface area contributed by atoms with Crippen LogP contribution in [0.1, 0.15) is 16.1 Å². The van der Waals surface area contributed by atoms with E-state index < -0.39 is 37.3 Å². The summed E-state index contributed by atoms with van der Waals surface area (Å²) in [5.41, 5.74) is 0.326. The minimum Gasteiger partial charge on any atom is -0.477 e. The molecule has 0 aliphatic rings. The first-order valence-corrected chi connectivity index (χ1v) is 9.14. The standard InChI is InChI=1S/C10H14N2O6S2/c1-19(15,16)4-5-20(17,18)12-7-8-2-3-9(10(13)14)11-6-8/h2-3,6,12H,4-5,7H2,1H3,(H,13,14). The van der Waals surface area contributed by atoms with E-state index in [0.717, 1.165) is 6.26 Å². The summed E-state index contributed by atoms with van der Waals surface area (Å²) < 4.78 is 47.1. The fourth-order valence-corrected chi connectivity index (χ4v) is 3.80. The maximum atomic E-state index is 11.5. The van der Waals surface area contributed by atoms with Crippen LogP contribution in [-0.4, -0.2) is 50.7 Å². The second kappa shape index (κ2) is 6.29. The third kappa shape index (κ3) is 6.08. The fraction of sp³-hybridized carbons (Fsp3) is 0.400. The molecule has 0 atom stereocenters. The molecule has 112 valence electrons. The molecule has 1 aromatic heterocycles. The topological polar surface area (TPSA) is 130 Å². The van der Waals surface area contributed by atoms with Crippen LogP contribution in [0.5, 0.6) is 0 Å². The first-order valence-electron chi connectivity index (χ1n) is 5.42. The average Bonchev–Trinajstić information content (AvgIpc) is 2.34. The van der Waals surface area contributed by atoms with Crippen LogP contribution in [-0.2, 0) is 26.4 Å². The maximum Gasteiger partial charge on any atom is 0.354 e. The Morgan fingerprint density at radius 3 is 2.35 bits per heavy atom. The van der Waals surface area contributed by atoms with Gasteiger partial charge in [-0.25, -0.2) is 31.3 Å². The number of rotatable bonds is 7. The summed E-state index contributed by atoms with van der Waals surface area (Å²) in [4.78, 5) is 14.2. The molecular weight excluding hydrogens is 308 g/mol. The number of carboxylic acids is 1. The molecule has 0 saturated carbocycles. The van der Waals surface area contributed by atoms with E-state index in [1.165, 1.54) is 18.3 Å². The van der Waals surface area contributed by atoms with E-state index in [4.69, 9.17) is 5.11 Å². The van der Waals surface area contributed by atoms with Crippen LogP contribution in [0.4, 0.5) is 0 Å². The van der Waals surface area contributed by atoms with Gasteiger partial charge in [0.25, 0.3) is 0 Å². The first kappa shape index (κ1) is 16.5. The van der Waals surface area contributed by atoms with Crippen molar-refractivity contribution in [2.75, 3.05) is 17.8 Å². The van der Waals surface area contributed by atoms with Gasteiger partial charge in [0.05, 0.1) is 11.5 Å². The van der Waals surface area contributed by atoms with Gasteiger partial charge in [-0.3, -0.25) is 0 Å². The molecule has 0 aliphatic heterocycles. The monoisotopic (exact) mass is 322 g/mol. The molecule has 0 unspecified atom stereocenters. The van der Waals surface area contributed by atoms with Gasteiger partial charge in [0.15, 0.2) is 0 Å². The number of hydrogen-bond acceptors (Lipinski definition) is 6. The number of nitrogens with zero attached hydrogens (tertiary/aromatic N) is 1. The number of pyridine rings is 1. The van der Waals surface area contributed by atoms with Crippen molar-refractivity contribution in [1.82, 2.24) is 9.71 Å². The Morgan fingerprint density at radius 2 is 1.90 bits per heavy atom. The van der Waals surface area contributed by atoms with Crippen LogP contribution in [0.15, 0.2) is 18.3 Å². The van der Waals surface area contributed by atoms with Crippen molar-refractivity contribution < 1.29 is 26.7 Å². The molecule has 0 aromatic carbocycles. The molecule has 1 rings (SSSR count). The minimum absolute atomic E-state index is 0.0843. The summed E-state index contributed by atoms with van der Waals surface area (Å²) in [5.74, 6) is -2.16. The van der Waals surface area contributed by atoms with Gasteiger partial charge in [0, 0.05) is 19.0 Å². The Balaban J connectivity index is 2.60. The van der Waals surface area contributed by atoms with Crippen molar-refractivity contribution in [1.29, 1.82) is 0 Å². The predicted octanol–water partition coefficient (Wildman–Crippen LogP) is -0.756. The molecule has 2 N–H and O–H groups in total. The normalized spacial score (nSPS) is 12.2. The van der Waals surface area contributed by atoms with Crippen molar-refractivity contribution in [3.63, 3.8) is 0 Å². The molecule has 0 amide bonds. The lowest BCUT2D eigenvalue weighted by Crippen LogP contribution is -2.29. The number of sulfone groups is 1. The van der Waals surface area contributed by atoms with Gasteiger partial charge in [-0.2, -0.15) is 0 Å². The zero-order valence-corrected chi connectivity index (χ0v) is 12.2. The van der Waals surface area contributed by atoms with Crippen LogP contribution in [0.25, 0.3) is 0 Å². The molecule has 0 spiro atoms. The second-order valence-electron chi connectivity index (χ2n) is 4.13. The summed E-state index contributed by atoms with van der Waals surface area (Å²) in [6, 6.07) is 2.68. The van der Waals surface area contributed by atoms with E-state index in [-0.39, 0.29) is 12.2 Å². The number of nitrogens with one attached hydrogen (secondary N) is 1. The number of aromatic nitrogens is 1. The lowest BCUT2D eigenvalue weighted by Gasteiger charge is -2.06. The molecular formula is C10H14N2O6S2. The minimum atomic E-state index is -3.71. The molecule has 1 aromatic rings. The zero-order chi connectivity index (χ0) is 15.4. The van der Waals surface area contributed by atoms with Crippen LogP contribution in [0, 0.1) is 0 Å². The van der Waals surface area contributed by atoms with Crippen LogP contribution < -0.4 is 4.72 Å². The van der Waals surface area contributed by atoms with E-state index in [1.807, 2.05) is 0 Å². The van der Waals surface area contributed by atoms with Crippen molar-refractivity contribution in [3.8, 4) is 0 Å². The molecule has 0 aliphatic carbocycles. The molecule has 8 nitrogen and oxygen atoms in total. The van der Waals surface area contributed by atoms with Gasteiger partial charge in [0.2, 0.25) is 10.0 Å². The van der Waals surface area contributed by atoms with Gasteiger partial charge in [-0.1, -0.05) is 6.07 Å². The Bertz CT molecular complexity index is 679. The van der Waals surface area contributed by atoms with Crippen molar-refractivity contribution >= 4 is 25.8 Å². The highest BCUT2D eigenvalue weighted by Crippen LogP contribution is 2.01.